The van der Waals surface area contributed by atoms with Crippen LogP contribution in [0.5, 0.6) is 0 Å². The molecule has 23 heavy (non-hydrogen) atoms. The largest absolute Gasteiger partial charge is 0.298 e. The van der Waals surface area contributed by atoms with Crippen molar-refractivity contribution in [1.82, 2.24) is 14.8 Å². The van der Waals surface area contributed by atoms with Crippen LogP contribution in [-0.4, -0.2) is 41.0 Å². The first kappa shape index (κ1) is 14.9. The molecule has 120 valence electrons. The highest BCUT2D eigenvalue weighted by Crippen LogP contribution is 2.36. The summed E-state index contributed by atoms with van der Waals surface area (Å²) in [6.07, 6.45) is 3.87. The van der Waals surface area contributed by atoms with Gasteiger partial charge in [0.1, 0.15) is 0 Å². The van der Waals surface area contributed by atoms with Gasteiger partial charge in [0, 0.05) is 51.2 Å². The van der Waals surface area contributed by atoms with Crippen LogP contribution in [0.15, 0.2) is 54.9 Å². The summed E-state index contributed by atoms with van der Waals surface area (Å²) in [5, 5.41) is 0. The monoisotopic (exact) mass is 307 g/mol. The van der Waals surface area contributed by atoms with Gasteiger partial charge >= 0.3 is 0 Å². The first-order valence-electron chi connectivity index (χ1n) is 8.70. The molecule has 2 saturated heterocycles. The number of aromatic nitrogens is 1. The van der Waals surface area contributed by atoms with Gasteiger partial charge < -0.3 is 0 Å². The summed E-state index contributed by atoms with van der Waals surface area (Å²) in [5.74, 6) is 1.66. The molecule has 3 atom stereocenters. The minimum atomic E-state index is 0.483. The molecule has 3 nitrogen and oxygen atoms in total. The van der Waals surface area contributed by atoms with Gasteiger partial charge in [-0.1, -0.05) is 36.4 Å². The highest BCUT2D eigenvalue weighted by molar-refractivity contribution is 5.16. The molecule has 0 amide bonds. The fourth-order valence-corrected chi connectivity index (χ4v) is 4.25. The van der Waals surface area contributed by atoms with E-state index in [4.69, 9.17) is 0 Å². The summed E-state index contributed by atoms with van der Waals surface area (Å²) in [4.78, 5) is 9.55. The Morgan fingerprint density at radius 1 is 1.00 bits per heavy atom. The molecular formula is C20H25N3. The minimum absolute atomic E-state index is 0.483. The van der Waals surface area contributed by atoms with E-state index in [1.807, 2.05) is 18.5 Å². The Labute approximate surface area is 139 Å². The lowest BCUT2D eigenvalue weighted by atomic mass is 10.0. The average Bonchev–Trinajstić information content (AvgIpc) is 3.14. The molecule has 2 aliphatic heterocycles. The highest BCUT2D eigenvalue weighted by Gasteiger charge is 2.41. The number of pyridine rings is 1. The van der Waals surface area contributed by atoms with E-state index in [1.54, 1.807) is 0 Å². The summed E-state index contributed by atoms with van der Waals surface area (Å²) in [7, 11) is 0. The van der Waals surface area contributed by atoms with Crippen LogP contribution in [0, 0.1) is 11.8 Å². The SMILES string of the molecule is C[C@@H](c1cccnc1)N1C[C@H]2CN(Cc3ccccc3)C[C@H]2C1. The second-order valence-corrected chi connectivity index (χ2v) is 7.12. The number of likely N-dealkylation sites (tertiary alicyclic amines) is 2. The van der Waals surface area contributed by atoms with Crippen LogP contribution >= 0.6 is 0 Å². The van der Waals surface area contributed by atoms with E-state index in [-0.39, 0.29) is 0 Å². The Morgan fingerprint density at radius 2 is 1.74 bits per heavy atom. The predicted octanol–water partition coefficient (Wildman–Crippen LogP) is 3.21. The van der Waals surface area contributed by atoms with Crippen LogP contribution in [-0.2, 0) is 6.54 Å². The van der Waals surface area contributed by atoms with Gasteiger partial charge in [0.15, 0.2) is 0 Å². The van der Waals surface area contributed by atoms with Crippen LogP contribution in [0.1, 0.15) is 24.1 Å². The second kappa shape index (κ2) is 6.42. The summed E-state index contributed by atoms with van der Waals surface area (Å²) >= 11 is 0. The van der Waals surface area contributed by atoms with Crippen molar-refractivity contribution in [2.24, 2.45) is 11.8 Å². The van der Waals surface area contributed by atoms with Crippen LogP contribution < -0.4 is 0 Å². The number of fused-ring (bicyclic) bond motifs is 1. The maximum absolute atomic E-state index is 4.27. The first-order valence-corrected chi connectivity index (χ1v) is 8.70. The minimum Gasteiger partial charge on any atom is -0.298 e. The third kappa shape index (κ3) is 3.17. The van der Waals surface area contributed by atoms with Crippen LogP contribution in [0.2, 0.25) is 0 Å². The number of hydrogen-bond donors (Lipinski definition) is 0. The smallest absolute Gasteiger partial charge is 0.0335 e. The Balaban J connectivity index is 1.35. The van der Waals surface area contributed by atoms with E-state index in [0.717, 1.165) is 18.4 Å². The van der Waals surface area contributed by atoms with Crippen molar-refractivity contribution in [2.75, 3.05) is 26.2 Å². The topological polar surface area (TPSA) is 19.4 Å². The Bertz CT molecular complexity index is 614. The Hall–Kier alpha value is -1.71. The maximum Gasteiger partial charge on any atom is 0.0335 e. The van der Waals surface area contributed by atoms with Gasteiger partial charge in [0.05, 0.1) is 0 Å². The molecule has 0 spiro atoms. The lowest BCUT2D eigenvalue weighted by Gasteiger charge is -2.27. The molecule has 0 bridgehead atoms. The zero-order chi connectivity index (χ0) is 15.6. The second-order valence-electron chi connectivity index (χ2n) is 7.12. The van der Waals surface area contributed by atoms with Crippen LogP contribution in [0.3, 0.4) is 0 Å². The standard InChI is InChI=1S/C20H25N3/c1-16(18-8-5-9-21-10-18)23-14-19-12-22(13-20(19)15-23)11-17-6-3-2-4-7-17/h2-10,16,19-20H,11-15H2,1H3/t16-,19-,20+/m0/s1. The van der Waals surface area contributed by atoms with Gasteiger partial charge in [0.25, 0.3) is 0 Å². The average molecular weight is 307 g/mol. The van der Waals surface area contributed by atoms with E-state index in [0.29, 0.717) is 6.04 Å². The predicted molar refractivity (Wildman–Crippen MR) is 92.9 cm³/mol. The quantitative estimate of drug-likeness (QED) is 0.864. The molecule has 4 rings (SSSR count). The van der Waals surface area contributed by atoms with Crippen molar-refractivity contribution in [2.45, 2.75) is 19.5 Å². The lowest BCUT2D eigenvalue weighted by molar-refractivity contribution is 0.212. The van der Waals surface area contributed by atoms with Crippen molar-refractivity contribution in [1.29, 1.82) is 0 Å². The van der Waals surface area contributed by atoms with Crippen molar-refractivity contribution in [3.8, 4) is 0 Å². The summed E-state index contributed by atoms with van der Waals surface area (Å²) in [5.41, 5.74) is 2.78. The molecule has 0 N–H and O–H groups in total. The van der Waals surface area contributed by atoms with E-state index >= 15 is 0 Å². The lowest BCUT2D eigenvalue weighted by Crippen LogP contribution is -2.30. The molecule has 0 aliphatic carbocycles. The molecule has 3 heteroatoms. The van der Waals surface area contributed by atoms with Gasteiger partial charge in [-0.2, -0.15) is 0 Å². The van der Waals surface area contributed by atoms with Crippen molar-refractivity contribution < 1.29 is 0 Å². The van der Waals surface area contributed by atoms with E-state index < -0.39 is 0 Å². The number of hydrogen-bond acceptors (Lipinski definition) is 3. The first-order chi connectivity index (χ1) is 11.3. The van der Waals surface area contributed by atoms with Gasteiger partial charge in [-0.15, -0.1) is 0 Å². The molecule has 1 aromatic carbocycles. The van der Waals surface area contributed by atoms with Crippen molar-refractivity contribution >= 4 is 0 Å². The molecule has 3 heterocycles. The van der Waals surface area contributed by atoms with Crippen LogP contribution in [0.25, 0.3) is 0 Å². The fourth-order valence-electron chi connectivity index (χ4n) is 4.25. The molecule has 2 aromatic rings. The number of benzene rings is 1. The summed E-state index contributed by atoms with van der Waals surface area (Å²) in [6.45, 7) is 8.37. The van der Waals surface area contributed by atoms with Gasteiger partial charge in [-0.3, -0.25) is 14.8 Å². The molecule has 2 aliphatic rings. The summed E-state index contributed by atoms with van der Waals surface area (Å²) < 4.78 is 0. The third-order valence-electron chi connectivity index (χ3n) is 5.55. The summed E-state index contributed by atoms with van der Waals surface area (Å²) in [6, 6.07) is 15.6. The number of nitrogens with zero attached hydrogens (tertiary/aromatic N) is 3. The molecule has 0 saturated carbocycles. The molecule has 1 aromatic heterocycles. The molecule has 2 fully saturated rings. The van der Waals surface area contributed by atoms with Crippen molar-refractivity contribution in [3.05, 3.63) is 66.0 Å². The van der Waals surface area contributed by atoms with Gasteiger partial charge in [-0.25, -0.2) is 0 Å². The van der Waals surface area contributed by atoms with E-state index in [1.165, 1.54) is 37.3 Å². The zero-order valence-corrected chi connectivity index (χ0v) is 13.8. The number of rotatable bonds is 4. The molecule has 0 unspecified atom stereocenters. The maximum atomic E-state index is 4.27. The van der Waals surface area contributed by atoms with E-state index in [9.17, 15) is 0 Å². The Kier molecular flexibility index (Phi) is 4.15. The third-order valence-corrected chi connectivity index (χ3v) is 5.55. The normalized spacial score (nSPS) is 26.3. The van der Waals surface area contributed by atoms with Gasteiger partial charge in [0.2, 0.25) is 0 Å². The van der Waals surface area contributed by atoms with Crippen molar-refractivity contribution in [3.63, 3.8) is 0 Å². The highest BCUT2D eigenvalue weighted by atomic mass is 15.2. The molecular weight excluding hydrogens is 282 g/mol. The fraction of sp³-hybridized carbons (Fsp3) is 0.450. The molecule has 0 radical (unpaired) electrons. The van der Waals surface area contributed by atoms with Gasteiger partial charge in [-0.05, 0) is 36.0 Å². The zero-order valence-electron chi connectivity index (χ0n) is 13.8. The van der Waals surface area contributed by atoms with Crippen LogP contribution in [0.4, 0.5) is 0 Å². The van der Waals surface area contributed by atoms with E-state index in [2.05, 4.69) is 58.1 Å². The Morgan fingerprint density at radius 3 is 2.39 bits per heavy atom.